The first-order valence-corrected chi connectivity index (χ1v) is 8.53. The van der Waals surface area contributed by atoms with Crippen LogP contribution < -0.4 is 0 Å². The first kappa shape index (κ1) is 14.2. The lowest BCUT2D eigenvalue weighted by molar-refractivity contribution is -0.138. The quantitative estimate of drug-likeness (QED) is 0.920. The van der Waals surface area contributed by atoms with E-state index in [-0.39, 0.29) is 17.2 Å². The van der Waals surface area contributed by atoms with Gasteiger partial charge in [-0.3, -0.25) is 9.48 Å². The first-order valence-electron chi connectivity index (χ1n) is 8.53. The summed E-state index contributed by atoms with van der Waals surface area (Å²) in [6, 6.07) is 1.90. The molecule has 3 fully saturated rings. The molecular weight excluding hydrogens is 278 g/mol. The summed E-state index contributed by atoms with van der Waals surface area (Å²) >= 11 is 0. The van der Waals surface area contributed by atoms with Gasteiger partial charge in [0.15, 0.2) is 0 Å². The molecule has 1 aromatic rings. The average molecular weight is 303 g/mol. The molecule has 5 heteroatoms. The number of nitrogens with zero attached hydrogens (tertiary/aromatic N) is 3. The molecule has 2 aliphatic carbocycles. The summed E-state index contributed by atoms with van der Waals surface area (Å²) in [5.41, 5.74) is -0.924. The number of aliphatic hydroxyl groups is 1. The van der Waals surface area contributed by atoms with E-state index in [9.17, 15) is 9.90 Å². The molecular formula is C17H25N3O2. The lowest BCUT2D eigenvalue weighted by atomic mass is 9.69. The summed E-state index contributed by atoms with van der Waals surface area (Å²) in [7, 11) is 0. The van der Waals surface area contributed by atoms with Gasteiger partial charge in [0.2, 0.25) is 5.91 Å². The number of aromatic nitrogens is 2. The van der Waals surface area contributed by atoms with Crippen molar-refractivity contribution < 1.29 is 9.90 Å². The Morgan fingerprint density at radius 2 is 2.18 bits per heavy atom. The molecule has 1 amide bonds. The van der Waals surface area contributed by atoms with Crippen LogP contribution in [0.1, 0.15) is 39.0 Å². The van der Waals surface area contributed by atoms with Gasteiger partial charge in [-0.1, -0.05) is 13.3 Å². The summed E-state index contributed by atoms with van der Waals surface area (Å²) in [6.07, 6.45) is 9.01. The summed E-state index contributed by atoms with van der Waals surface area (Å²) < 4.78 is 1.86. The SMILES string of the molecule is C[C@@H]1CN(C(=O)C2(Cn3cccn3)CC2)C[C@@]1(O)C1CCC1. The smallest absolute Gasteiger partial charge is 0.230 e. The van der Waals surface area contributed by atoms with Crippen LogP contribution in [0.15, 0.2) is 18.5 Å². The Labute approximate surface area is 131 Å². The summed E-state index contributed by atoms with van der Waals surface area (Å²) in [5.74, 6) is 0.800. The van der Waals surface area contributed by atoms with E-state index in [1.165, 1.54) is 6.42 Å². The molecule has 1 aliphatic heterocycles. The second kappa shape index (κ2) is 4.82. The predicted octanol–water partition coefficient (Wildman–Crippen LogP) is 1.67. The van der Waals surface area contributed by atoms with Crippen LogP contribution in [0.5, 0.6) is 0 Å². The number of hydrogen-bond acceptors (Lipinski definition) is 3. The number of hydrogen-bond donors (Lipinski definition) is 1. The van der Waals surface area contributed by atoms with Gasteiger partial charge in [0, 0.05) is 31.4 Å². The van der Waals surface area contributed by atoms with E-state index in [1.54, 1.807) is 6.20 Å². The van der Waals surface area contributed by atoms with E-state index in [0.29, 0.717) is 25.6 Å². The average Bonchev–Trinajstić information content (AvgIpc) is 2.88. The number of amides is 1. The zero-order valence-electron chi connectivity index (χ0n) is 13.2. The Kier molecular flexibility index (Phi) is 3.12. The van der Waals surface area contributed by atoms with Crippen molar-refractivity contribution in [2.75, 3.05) is 13.1 Å². The lowest BCUT2D eigenvalue weighted by Crippen LogP contribution is -2.48. The van der Waals surface area contributed by atoms with Crippen LogP contribution in [0.2, 0.25) is 0 Å². The van der Waals surface area contributed by atoms with Crippen LogP contribution in [-0.2, 0) is 11.3 Å². The second-order valence-electron chi connectivity index (χ2n) is 7.69. The molecule has 5 nitrogen and oxygen atoms in total. The van der Waals surface area contributed by atoms with Gasteiger partial charge in [-0.2, -0.15) is 5.10 Å². The topological polar surface area (TPSA) is 58.4 Å². The number of carbonyl (C=O) groups excluding carboxylic acids is 1. The monoisotopic (exact) mass is 303 g/mol. The highest BCUT2D eigenvalue weighted by atomic mass is 16.3. The third kappa shape index (κ3) is 2.09. The van der Waals surface area contributed by atoms with E-state index in [2.05, 4.69) is 12.0 Å². The molecule has 1 saturated heterocycles. The fraction of sp³-hybridized carbons (Fsp3) is 0.765. The second-order valence-corrected chi connectivity index (χ2v) is 7.69. The molecule has 2 atom stereocenters. The Morgan fingerprint density at radius 1 is 1.41 bits per heavy atom. The molecule has 0 aromatic carbocycles. The standard InChI is InChI=1S/C17H25N3O2/c1-13-10-19(12-17(13,22)14-4-2-5-14)15(21)16(6-7-16)11-20-9-3-8-18-20/h3,8-9,13-14,22H,2,4-7,10-12H2,1H3/t13-,17+/m1/s1. The Balaban J connectivity index is 1.47. The van der Waals surface area contributed by atoms with Gasteiger partial charge in [-0.25, -0.2) is 0 Å². The van der Waals surface area contributed by atoms with E-state index in [4.69, 9.17) is 0 Å². The van der Waals surface area contributed by atoms with Crippen molar-refractivity contribution in [3.05, 3.63) is 18.5 Å². The van der Waals surface area contributed by atoms with Gasteiger partial charge >= 0.3 is 0 Å². The van der Waals surface area contributed by atoms with Crippen LogP contribution in [0.4, 0.5) is 0 Å². The minimum atomic E-state index is -0.657. The van der Waals surface area contributed by atoms with Crippen LogP contribution in [0.25, 0.3) is 0 Å². The van der Waals surface area contributed by atoms with Crippen molar-refractivity contribution in [3.8, 4) is 0 Å². The minimum Gasteiger partial charge on any atom is -0.387 e. The summed E-state index contributed by atoms with van der Waals surface area (Å²) in [6.45, 7) is 4.00. The minimum absolute atomic E-state index is 0.183. The van der Waals surface area contributed by atoms with Crippen LogP contribution in [0, 0.1) is 17.3 Å². The Morgan fingerprint density at radius 3 is 2.73 bits per heavy atom. The molecule has 0 radical (unpaired) electrons. The molecule has 1 N–H and O–H groups in total. The summed E-state index contributed by atoms with van der Waals surface area (Å²) in [4.78, 5) is 14.9. The molecule has 2 heterocycles. The van der Waals surface area contributed by atoms with Crippen molar-refractivity contribution in [1.82, 2.24) is 14.7 Å². The number of rotatable bonds is 4. The number of likely N-dealkylation sites (tertiary alicyclic amines) is 1. The molecule has 0 bridgehead atoms. The predicted molar refractivity (Wildman–Crippen MR) is 81.9 cm³/mol. The van der Waals surface area contributed by atoms with Gasteiger partial charge in [0.05, 0.1) is 17.6 Å². The van der Waals surface area contributed by atoms with Crippen molar-refractivity contribution in [2.45, 2.75) is 51.2 Å². The van der Waals surface area contributed by atoms with Gasteiger partial charge in [0.1, 0.15) is 0 Å². The molecule has 4 rings (SSSR count). The zero-order chi connectivity index (χ0) is 15.4. The van der Waals surface area contributed by atoms with Gasteiger partial charge in [-0.05, 0) is 37.7 Å². The van der Waals surface area contributed by atoms with Crippen molar-refractivity contribution in [1.29, 1.82) is 0 Å². The Bertz CT molecular complexity index is 562. The van der Waals surface area contributed by atoms with E-state index >= 15 is 0 Å². The van der Waals surface area contributed by atoms with Crippen LogP contribution >= 0.6 is 0 Å². The summed E-state index contributed by atoms with van der Waals surface area (Å²) in [5, 5.41) is 15.3. The maximum absolute atomic E-state index is 13.0. The lowest BCUT2D eigenvalue weighted by Gasteiger charge is -2.41. The van der Waals surface area contributed by atoms with Gasteiger partial charge in [0.25, 0.3) is 0 Å². The molecule has 3 aliphatic rings. The molecule has 22 heavy (non-hydrogen) atoms. The van der Waals surface area contributed by atoms with Crippen molar-refractivity contribution >= 4 is 5.91 Å². The highest BCUT2D eigenvalue weighted by Crippen LogP contribution is 2.51. The van der Waals surface area contributed by atoms with Crippen molar-refractivity contribution in [3.63, 3.8) is 0 Å². The maximum Gasteiger partial charge on any atom is 0.230 e. The fourth-order valence-electron chi connectivity index (χ4n) is 4.24. The fourth-order valence-corrected chi connectivity index (χ4v) is 4.24. The number of β-amino-alcohol motifs (C(OH)–C–C–N with tert-alkyl or cyclic N) is 1. The van der Waals surface area contributed by atoms with Crippen molar-refractivity contribution in [2.24, 2.45) is 17.3 Å². The molecule has 0 spiro atoms. The molecule has 1 aromatic heterocycles. The van der Waals surface area contributed by atoms with E-state index in [1.807, 2.05) is 21.8 Å². The van der Waals surface area contributed by atoms with Gasteiger partial charge < -0.3 is 10.0 Å². The zero-order valence-corrected chi connectivity index (χ0v) is 13.2. The molecule has 0 unspecified atom stereocenters. The third-order valence-corrected chi connectivity index (χ3v) is 6.22. The highest BCUT2D eigenvalue weighted by Gasteiger charge is 2.57. The van der Waals surface area contributed by atoms with Crippen LogP contribution in [-0.4, -0.2) is 44.4 Å². The number of carbonyl (C=O) groups is 1. The normalized spacial score (nSPS) is 33.7. The third-order valence-electron chi connectivity index (χ3n) is 6.22. The van der Waals surface area contributed by atoms with Gasteiger partial charge in [-0.15, -0.1) is 0 Å². The Hall–Kier alpha value is -1.36. The maximum atomic E-state index is 13.0. The van der Waals surface area contributed by atoms with E-state index < -0.39 is 5.60 Å². The molecule has 120 valence electrons. The van der Waals surface area contributed by atoms with E-state index in [0.717, 1.165) is 25.7 Å². The first-order chi connectivity index (χ1) is 10.5. The largest absolute Gasteiger partial charge is 0.387 e. The molecule has 2 saturated carbocycles. The van der Waals surface area contributed by atoms with Crippen LogP contribution in [0.3, 0.4) is 0 Å². The highest BCUT2D eigenvalue weighted by molar-refractivity contribution is 5.85.